The molecular weight excluding hydrogens is 1440 g/mol. The molecular formula is C86H79FN28. The average Bonchev–Trinajstić information content (AvgIpc) is 1.67. The van der Waals surface area contributed by atoms with Gasteiger partial charge in [-0.15, -0.1) is 0 Å². The van der Waals surface area contributed by atoms with Gasteiger partial charge in [-0.3, -0.25) is 18.7 Å². The van der Waals surface area contributed by atoms with Crippen LogP contribution in [0.4, 0.5) is 4.39 Å². The van der Waals surface area contributed by atoms with E-state index in [9.17, 15) is 4.39 Å². The molecule has 0 aliphatic carbocycles. The fraction of sp³-hybridized carbons (Fsp3) is 0.163. The first-order valence-corrected chi connectivity index (χ1v) is 37.7. The molecule has 0 saturated heterocycles. The fourth-order valence-electron chi connectivity index (χ4n) is 13.8. The van der Waals surface area contributed by atoms with E-state index >= 15 is 0 Å². The first-order valence-electron chi connectivity index (χ1n) is 37.7. The van der Waals surface area contributed by atoms with Crippen LogP contribution in [0.1, 0.15) is 56.7 Å². The van der Waals surface area contributed by atoms with Crippen molar-refractivity contribution in [2.45, 2.75) is 65.2 Å². The van der Waals surface area contributed by atoms with Gasteiger partial charge in [-0.05, 0) is 141 Å². The second-order valence-corrected chi connectivity index (χ2v) is 28.1. The summed E-state index contributed by atoms with van der Waals surface area (Å²) in [5.74, 6) is 3.42. The third kappa shape index (κ3) is 16.7. The SMILES string of the molecule is Cc1ccc(CCc2nc(-c3ccc4ncnn4c3)c(-c3ccn(C)n3)[nH]2)cc1.Cc1cccc(CCc2nc(-c3ccc4ncnn4c3)c(-c3ccn(C)n3)[nH]2)c1.Cn1ccc(-c2[nH]c(CCc3ccccc3)nc2-c2ccc3ncnn3c2)n1.Cn1ccc(-c2[nH]c(CCc3ccccc3F)nc2-c2ccc3ncnn3c2)n1. The Bertz CT molecular complexity index is 6700. The van der Waals surface area contributed by atoms with E-state index in [1.165, 1.54) is 40.2 Å². The highest BCUT2D eigenvalue weighted by molar-refractivity contribution is 5.80. The van der Waals surface area contributed by atoms with Crippen molar-refractivity contribution >= 4 is 22.6 Å². The number of hydrogen-bond acceptors (Lipinski definition) is 16. The number of rotatable bonds is 20. The third-order valence-corrected chi connectivity index (χ3v) is 19.7. The van der Waals surface area contributed by atoms with E-state index in [-0.39, 0.29) is 5.82 Å². The number of fused-ring (bicyclic) bond motifs is 4. The normalized spacial score (nSPS) is 11.4. The van der Waals surface area contributed by atoms with Crippen molar-refractivity contribution in [3.05, 3.63) is 313 Å². The molecule has 16 heterocycles. The van der Waals surface area contributed by atoms with Gasteiger partial charge in [0.2, 0.25) is 0 Å². The summed E-state index contributed by atoms with van der Waals surface area (Å²) in [6, 6.07) is 58.2. The fourth-order valence-corrected chi connectivity index (χ4v) is 13.8. The number of aromatic nitrogens is 28. The minimum absolute atomic E-state index is 0.194. The second-order valence-electron chi connectivity index (χ2n) is 28.1. The van der Waals surface area contributed by atoms with Gasteiger partial charge in [0, 0.05) is 126 Å². The lowest BCUT2D eigenvalue weighted by atomic mass is 10.1. The summed E-state index contributed by atoms with van der Waals surface area (Å²) in [7, 11) is 7.62. The minimum atomic E-state index is -0.194. The van der Waals surface area contributed by atoms with E-state index in [4.69, 9.17) is 19.9 Å². The second kappa shape index (κ2) is 32.5. The molecule has 0 amide bonds. The topological polar surface area (TPSA) is 307 Å². The number of imidazole rings is 4. The molecule has 16 aromatic heterocycles. The number of aryl methyl sites for hydroxylation is 14. The molecule has 0 unspecified atom stereocenters. The molecule has 570 valence electrons. The molecule has 20 aromatic rings. The highest BCUT2D eigenvalue weighted by atomic mass is 19.1. The van der Waals surface area contributed by atoms with Gasteiger partial charge < -0.3 is 19.9 Å². The lowest BCUT2D eigenvalue weighted by Gasteiger charge is -2.01. The molecule has 0 atom stereocenters. The van der Waals surface area contributed by atoms with Crippen LogP contribution in [0.3, 0.4) is 0 Å². The van der Waals surface area contributed by atoms with Gasteiger partial charge in [-0.1, -0.05) is 108 Å². The van der Waals surface area contributed by atoms with E-state index in [0.29, 0.717) is 18.4 Å². The van der Waals surface area contributed by atoms with Crippen LogP contribution in [0.15, 0.2) is 251 Å². The first-order chi connectivity index (χ1) is 56.2. The van der Waals surface area contributed by atoms with Crippen molar-refractivity contribution in [3.63, 3.8) is 0 Å². The number of H-pyrrole nitrogens is 4. The number of benzene rings is 4. The van der Waals surface area contributed by atoms with E-state index in [1.807, 2.05) is 163 Å². The Morgan fingerprint density at radius 3 is 0.983 bits per heavy atom. The van der Waals surface area contributed by atoms with Crippen LogP contribution in [0, 0.1) is 19.7 Å². The summed E-state index contributed by atoms with van der Waals surface area (Å²) >= 11 is 0. The van der Waals surface area contributed by atoms with Crippen LogP contribution in [-0.2, 0) is 79.6 Å². The minimum Gasteiger partial charge on any atom is -0.340 e. The zero-order chi connectivity index (χ0) is 78.3. The number of nitrogens with one attached hydrogen (secondary N) is 4. The number of aromatic amines is 4. The lowest BCUT2D eigenvalue weighted by molar-refractivity contribution is 0.607. The average molecular weight is 1520 g/mol. The molecule has 0 aliphatic heterocycles. The largest absolute Gasteiger partial charge is 0.340 e. The maximum atomic E-state index is 14.0. The van der Waals surface area contributed by atoms with Crippen LogP contribution in [0.25, 0.3) is 113 Å². The molecule has 20 rings (SSSR count). The molecule has 28 nitrogen and oxygen atoms in total. The Hall–Kier alpha value is -15.0. The van der Waals surface area contributed by atoms with Gasteiger partial charge in [0.05, 0.1) is 45.6 Å². The Labute approximate surface area is 658 Å². The molecule has 4 aromatic carbocycles. The maximum Gasteiger partial charge on any atom is 0.155 e. The summed E-state index contributed by atoms with van der Waals surface area (Å²) in [6.45, 7) is 4.22. The summed E-state index contributed by atoms with van der Waals surface area (Å²) in [5.41, 5.74) is 24.5. The Morgan fingerprint density at radius 2 is 0.635 bits per heavy atom. The molecule has 4 N–H and O–H groups in total. The predicted octanol–water partition coefficient (Wildman–Crippen LogP) is 14.0. The van der Waals surface area contributed by atoms with Crippen molar-refractivity contribution in [2.24, 2.45) is 28.2 Å². The number of halogens is 1. The van der Waals surface area contributed by atoms with Gasteiger partial charge in [-0.2, -0.15) is 40.8 Å². The van der Waals surface area contributed by atoms with Gasteiger partial charge >= 0.3 is 0 Å². The molecule has 0 radical (unpaired) electrons. The summed E-state index contributed by atoms with van der Waals surface area (Å²) in [6.07, 6.45) is 28.0. The Kier molecular flexibility index (Phi) is 20.6. The van der Waals surface area contributed by atoms with E-state index < -0.39 is 0 Å². The third-order valence-electron chi connectivity index (χ3n) is 19.7. The van der Waals surface area contributed by atoms with Crippen LogP contribution in [0.2, 0.25) is 0 Å². The summed E-state index contributed by atoms with van der Waals surface area (Å²) in [5, 5.41) is 35.2. The molecule has 0 bridgehead atoms. The van der Waals surface area contributed by atoms with Crippen molar-refractivity contribution in [3.8, 4) is 90.6 Å². The van der Waals surface area contributed by atoms with Crippen LogP contribution >= 0.6 is 0 Å². The smallest absolute Gasteiger partial charge is 0.155 e. The van der Waals surface area contributed by atoms with Crippen molar-refractivity contribution in [1.82, 2.24) is 137 Å². The van der Waals surface area contributed by atoms with Crippen molar-refractivity contribution in [2.75, 3.05) is 0 Å². The van der Waals surface area contributed by atoms with Crippen molar-refractivity contribution in [1.29, 1.82) is 0 Å². The standard InChI is InChI=1S/2C22H21N7.C21H18FN7.C21H19N7/c1-15-3-5-16(6-4-15)7-9-19-25-21(22(26-19)18-11-12-28(2)27-18)17-8-10-20-23-14-24-29(20)13-17;1-15-4-3-5-16(12-15)6-8-19-25-21(22(26-19)18-10-11-28(2)27-18)17-7-9-20-23-14-24-29(20)13-17;1-28-11-10-17(27-28)21-20(15-7-9-19-23-13-24-29(19)12-15)25-18(26-21)8-6-14-4-2-3-5-16(14)22;1-27-12-11-17(26-27)21-20(16-8-10-19-22-14-23-28(19)13-16)24-18(25-21)9-7-15-5-3-2-4-6-15/h3-6,8,10-14H,7,9H2,1-2H3,(H,25,26);3-5,7,9-14H,6,8H2,1-2H3,(H,25,26);2-5,7,9-13H,6,8H2,1H3,(H,25,26);2-6,8,10-14H,7,9H2,1H3,(H,24,25). The highest BCUT2D eigenvalue weighted by Gasteiger charge is 2.23. The van der Waals surface area contributed by atoms with Crippen LogP contribution in [0.5, 0.6) is 0 Å². The summed E-state index contributed by atoms with van der Waals surface area (Å²) < 4.78 is 28.1. The zero-order valence-electron chi connectivity index (χ0n) is 63.9. The van der Waals surface area contributed by atoms with Crippen molar-refractivity contribution < 1.29 is 4.39 Å². The monoisotopic (exact) mass is 1520 g/mol. The highest BCUT2D eigenvalue weighted by Crippen LogP contribution is 2.35. The van der Waals surface area contributed by atoms with Crippen LogP contribution in [-0.4, -0.2) is 137 Å². The lowest BCUT2D eigenvalue weighted by Crippen LogP contribution is -1.96. The first kappa shape index (κ1) is 72.8. The summed E-state index contributed by atoms with van der Waals surface area (Å²) in [4.78, 5) is 50.3. The number of hydrogen-bond donors (Lipinski definition) is 4. The van der Waals surface area contributed by atoms with Crippen LogP contribution < -0.4 is 0 Å². The zero-order valence-corrected chi connectivity index (χ0v) is 63.9. The number of pyridine rings is 4. The molecule has 115 heavy (non-hydrogen) atoms. The quantitative estimate of drug-likeness (QED) is 0.0551. The Morgan fingerprint density at radius 1 is 0.304 bits per heavy atom. The molecule has 0 fully saturated rings. The molecule has 0 spiro atoms. The van der Waals surface area contributed by atoms with Gasteiger partial charge in [0.25, 0.3) is 0 Å². The van der Waals surface area contributed by atoms with Gasteiger partial charge in [-0.25, -0.2) is 62.3 Å². The van der Waals surface area contributed by atoms with E-state index in [1.54, 1.807) is 67.9 Å². The molecule has 0 aliphatic rings. The van der Waals surface area contributed by atoms with E-state index in [2.05, 4.69) is 167 Å². The predicted molar refractivity (Wildman–Crippen MR) is 436 cm³/mol. The maximum absolute atomic E-state index is 14.0. The molecule has 0 saturated carbocycles. The number of nitrogens with zero attached hydrogens (tertiary/aromatic N) is 24. The van der Waals surface area contributed by atoms with Gasteiger partial charge in [0.1, 0.15) is 77.2 Å². The molecule has 29 heteroatoms. The van der Waals surface area contributed by atoms with E-state index in [0.717, 1.165) is 175 Å². The Balaban J connectivity index is 0.000000111. The van der Waals surface area contributed by atoms with Gasteiger partial charge in [0.15, 0.2) is 22.6 Å².